The van der Waals surface area contributed by atoms with Gasteiger partial charge in [0.1, 0.15) is 5.82 Å². The molecule has 0 unspecified atom stereocenters. The predicted octanol–water partition coefficient (Wildman–Crippen LogP) is 3.18. The molecular weight excluding hydrogens is 496 g/mol. The van der Waals surface area contributed by atoms with Gasteiger partial charge in [0.2, 0.25) is 5.91 Å². The summed E-state index contributed by atoms with van der Waals surface area (Å²) in [5, 5.41) is 15.9. The second-order valence-electron chi connectivity index (χ2n) is 8.82. The predicted molar refractivity (Wildman–Crippen MR) is 139 cm³/mol. The van der Waals surface area contributed by atoms with Gasteiger partial charge in [-0.3, -0.25) is 9.59 Å². The number of pyridine rings is 1. The highest BCUT2D eigenvalue weighted by Crippen LogP contribution is 2.38. The minimum absolute atomic E-state index is 0.00312. The van der Waals surface area contributed by atoms with Crippen LogP contribution in [0.4, 0.5) is 17.2 Å². The van der Waals surface area contributed by atoms with Gasteiger partial charge in [-0.2, -0.15) is 0 Å². The van der Waals surface area contributed by atoms with Crippen LogP contribution >= 0.6 is 0 Å². The minimum atomic E-state index is -3.56. The van der Waals surface area contributed by atoms with Gasteiger partial charge in [-0.15, -0.1) is 10.2 Å². The molecule has 4 rings (SSSR count). The SMILES string of the molecule is CNC(=O)c1cnc(NC(=O)C2CC2)cc1Nc1cccc(-c2ccc(S(=O)(=O)C(C)C)nn2)c1OC. The summed E-state index contributed by atoms with van der Waals surface area (Å²) in [6, 6.07) is 9.85. The molecule has 1 saturated carbocycles. The average Bonchev–Trinajstić information content (AvgIpc) is 3.74. The fourth-order valence-corrected chi connectivity index (χ4v) is 4.47. The molecule has 1 aliphatic rings. The number of rotatable bonds is 9. The fraction of sp³-hybridized carbons (Fsp3) is 0.320. The van der Waals surface area contributed by atoms with Crippen LogP contribution in [-0.2, 0) is 14.6 Å². The van der Waals surface area contributed by atoms with Crippen LogP contribution in [0.3, 0.4) is 0 Å². The number of carbonyl (C=O) groups excluding carboxylic acids is 2. The van der Waals surface area contributed by atoms with Crippen molar-refractivity contribution in [3.63, 3.8) is 0 Å². The first-order valence-corrected chi connectivity index (χ1v) is 13.2. The summed E-state index contributed by atoms with van der Waals surface area (Å²) in [6.07, 6.45) is 3.09. The van der Waals surface area contributed by atoms with Gasteiger partial charge in [-0.05, 0) is 51.0 Å². The maximum Gasteiger partial charge on any atom is 0.254 e. The topological polar surface area (TPSA) is 152 Å². The van der Waals surface area contributed by atoms with Crippen LogP contribution in [0.1, 0.15) is 37.0 Å². The molecule has 0 spiro atoms. The number of benzene rings is 1. The van der Waals surface area contributed by atoms with Crippen molar-refractivity contribution in [3.05, 3.63) is 48.2 Å². The molecule has 3 aromatic rings. The lowest BCUT2D eigenvalue weighted by Gasteiger charge is -2.17. The van der Waals surface area contributed by atoms with Gasteiger partial charge < -0.3 is 20.7 Å². The molecule has 1 aliphatic carbocycles. The van der Waals surface area contributed by atoms with E-state index in [1.165, 1.54) is 26.4 Å². The number of carbonyl (C=O) groups is 2. The molecule has 0 radical (unpaired) electrons. The quantitative estimate of drug-likeness (QED) is 0.383. The number of sulfone groups is 1. The summed E-state index contributed by atoms with van der Waals surface area (Å²) in [4.78, 5) is 28.9. The van der Waals surface area contributed by atoms with E-state index in [2.05, 4.69) is 31.1 Å². The third-order valence-electron chi connectivity index (χ3n) is 5.89. The van der Waals surface area contributed by atoms with Crippen molar-refractivity contribution in [2.75, 3.05) is 24.8 Å². The molecule has 2 aromatic heterocycles. The fourth-order valence-electron chi connectivity index (χ4n) is 3.58. The number of hydrogen-bond donors (Lipinski definition) is 3. The van der Waals surface area contributed by atoms with E-state index < -0.39 is 15.1 Å². The van der Waals surface area contributed by atoms with Crippen LogP contribution in [0.25, 0.3) is 11.3 Å². The largest absolute Gasteiger partial charge is 0.494 e. The smallest absolute Gasteiger partial charge is 0.254 e. The number of nitrogens with one attached hydrogen (secondary N) is 3. The summed E-state index contributed by atoms with van der Waals surface area (Å²) in [5.41, 5.74) is 2.15. The zero-order valence-corrected chi connectivity index (χ0v) is 21.7. The number of nitrogens with zero attached hydrogens (tertiary/aromatic N) is 3. The summed E-state index contributed by atoms with van der Waals surface area (Å²) < 4.78 is 30.5. The molecule has 0 atom stereocenters. The number of amides is 2. The summed E-state index contributed by atoms with van der Waals surface area (Å²) >= 11 is 0. The Morgan fingerprint density at radius 3 is 2.43 bits per heavy atom. The molecule has 37 heavy (non-hydrogen) atoms. The van der Waals surface area contributed by atoms with Crippen molar-refractivity contribution in [3.8, 4) is 17.0 Å². The molecule has 2 heterocycles. The third kappa shape index (κ3) is 5.53. The van der Waals surface area contributed by atoms with Gasteiger partial charge in [0.05, 0.1) is 35.0 Å². The molecule has 0 aliphatic heterocycles. The Labute approximate surface area is 215 Å². The summed E-state index contributed by atoms with van der Waals surface area (Å²) in [6.45, 7) is 3.16. The highest BCUT2D eigenvalue weighted by Gasteiger charge is 2.30. The number of hydrogen-bond acceptors (Lipinski definition) is 9. The Hall–Kier alpha value is -4.06. The van der Waals surface area contributed by atoms with Crippen LogP contribution in [0.2, 0.25) is 0 Å². The molecule has 1 aromatic carbocycles. The Morgan fingerprint density at radius 1 is 1.08 bits per heavy atom. The van der Waals surface area contributed by atoms with Gasteiger partial charge in [-0.1, -0.05) is 6.07 Å². The highest BCUT2D eigenvalue weighted by atomic mass is 32.2. The van der Waals surface area contributed by atoms with Crippen LogP contribution in [-0.4, -0.2) is 54.8 Å². The second-order valence-corrected chi connectivity index (χ2v) is 11.3. The van der Waals surface area contributed by atoms with Gasteiger partial charge in [0, 0.05) is 30.8 Å². The van der Waals surface area contributed by atoms with Crippen molar-refractivity contribution in [1.29, 1.82) is 0 Å². The Balaban J connectivity index is 1.70. The third-order valence-corrected chi connectivity index (χ3v) is 7.93. The monoisotopic (exact) mass is 524 g/mol. The minimum Gasteiger partial charge on any atom is -0.494 e. The number of methoxy groups -OCH3 is 1. The normalized spacial score (nSPS) is 13.2. The first-order chi connectivity index (χ1) is 17.6. The molecule has 0 bridgehead atoms. The lowest BCUT2D eigenvalue weighted by Crippen LogP contribution is -2.20. The van der Waals surface area contributed by atoms with E-state index in [9.17, 15) is 18.0 Å². The number of para-hydroxylation sites is 1. The maximum atomic E-state index is 12.5. The van der Waals surface area contributed by atoms with E-state index in [1.54, 1.807) is 44.2 Å². The highest BCUT2D eigenvalue weighted by molar-refractivity contribution is 7.91. The Morgan fingerprint density at radius 2 is 1.84 bits per heavy atom. The zero-order valence-electron chi connectivity index (χ0n) is 20.9. The first kappa shape index (κ1) is 26.0. The summed E-state index contributed by atoms with van der Waals surface area (Å²) in [5.74, 6) is 0.247. The molecule has 12 heteroatoms. The van der Waals surface area contributed by atoms with Crippen molar-refractivity contribution in [2.24, 2.45) is 5.92 Å². The molecule has 1 fully saturated rings. The maximum absolute atomic E-state index is 12.5. The van der Waals surface area contributed by atoms with Gasteiger partial charge in [0.15, 0.2) is 20.6 Å². The molecule has 3 N–H and O–H groups in total. The Bertz CT molecular complexity index is 1440. The van der Waals surface area contributed by atoms with Crippen LogP contribution in [0, 0.1) is 5.92 Å². The van der Waals surface area contributed by atoms with E-state index >= 15 is 0 Å². The van der Waals surface area contributed by atoms with Crippen LogP contribution in [0.15, 0.2) is 47.6 Å². The van der Waals surface area contributed by atoms with Crippen molar-refractivity contribution >= 4 is 38.8 Å². The van der Waals surface area contributed by atoms with E-state index in [0.29, 0.717) is 34.2 Å². The van der Waals surface area contributed by atoms with Crippen molar-refractivity contribution in [2.45, 2.75) is 37.0 Å². The van der Waals surface area contributed by atoms with E-state index in [1.807, 2.05) is 0 Å². The number of anilines is 3. The average molecular weight is 525 g/mol. The van der Waals surface area contributed by atoms with Gasteiger partial charge in [-0.25, -0.2) is 13.4 Å². The molecule has 194 valence electrons. The number of ether oxygens (including phenoxy) is 1. The van der Waals surface area contributed by atoms with Crippen LogP contribution in [0.5, 0.6) is 5.75 Å². The second kappa shape index (κ2) is 10.5. The van der Waals surface area contributed by atoms with E-state index in [0.717, 1.165) is 12.8 Å². The Kier molecular flexibility index (Phi) is 7.39. The van der Waals surface area contributed by atoms with Gasteiger partial charge >= 0.3 is 0 Å². The molecular formula is C25H28N6O5S. The molecule has 0 saturated heterocycles. The molecule has 11 nitrogen and oxygen atoms in total. The van der Waals surface area contributed by atoms with Crippen molar-refractivity contribution < 1.29 is 22.7 Å². The zero-order chi connectivity index (χ0) is 26.7. The van der Waals surface area contributed by atoms with E-state index in [4.69, 9.17) is 4.74 Å². The molecule has 2 amide bonds. The lowest BCUT2D eigenvalue weighted by atomic mass is 10.1. The van der Waals surface area contributed by atoms with Gasteiger partial charge in [0.25, 0.3) is 5.91 Å². The van der Waals surface area contributed by atoms with Crippen LogP contribution < -0.4 is 20.7 Å². The standard InChI is InChI=1S/C25H28N6O5S/c1-14(2)37(34,35)22-11-10-18(30-31-22)16-6-5-7-19(23(16)36-4)28-20-12-21(29-24(32)15-8-9-15)27-13-17(20)25(33)26-3/h5-7,10-15H,8-9H2,1-4H3,(H,26,33)(H2,27,28,29,32). The first-order valence-electron chi connectivity index (χ1n) is 11.7. The summed E-state index contributed by atoms with van der Waals surface area (Å²) in [7, 11) is -0.561. The van der Waals surface area contributed by atoms with E-state index in [-0.39, 0.29) is 28.3 Å². The van der Waals surface area contributed by atoms with Crippen molar-refractivity contribution in [1.82, 2.24) is 20.5 Å². The lowest BCUT2D eigenvalue weighted by molar-refractivity contribution is -0.117. The number of aromatic nitrogens is 3.